The number of nitrogens with zero attached hydrogens (tertiary/aromatic N) is 2. The number of nitrogens with one attached hydrogen (secondary N) is 1. The summed E-state index contributed by atoms with van der Waals surface area (Å²) in [5, 5.41) is 24.4. The zero-order valence-corrected chi connectivity index (χ0v) is 22.4. The van der Waals surface area contributed by atoms with Gasteiger partial charge >= 0.3 is 0 Å². The molecule has 1 unspecified atom stereocenters. The van der Waals surface area contributed by atoms with Crippen molar-refractivity contribution in [1.82, 2.24) is 14.8 Å². The molecule has 0 radical (unpaired) electrons. The Morgan fingerprint density at radius 2 is 1.97 bits per heavy atom. The van der Waals surface area contributed by atoms with Crippen molar-refractivity contribution in [3.63, 3.8) is 0 Å². The molecule has 3 N–H and O–H groups in total. The fourth-order valence-electron chi connectivity index (χ4n) is 5.91. The second-order valence-corrected chi connectivity index (χ2v) is 11.5. The van der Waals surface area contributed by atoms with Crippen LogP contribution < -0.4 is 5.32 Å². The van der Waals surface area contributed by atoms with Crippen molar-refractivity contribution in [2.45, 2.75) is 37.3 Å². The fraction of sp³-hybridized carbons (Fsp3) is 0.423. The molecule has 5 rings (SSSR count). The first-order valence-corrected chi connectivity index (χ1v) is 13.2. The molecule has 180 valence electrons. The van der Waals surface area contributed by atoms with Crippen LogP contribution in [-0.2, 0) is 24.7 Å². The normalized spacial score (nSPS) is 23.0. The number of phenolic OH excluding ortho intramolecular Hbond substituents is 1. The van der Waals surface area contributed by atoms with E-state index in [1.807, 2.05) is 12.1 Å². The van der Waals surface area contributed by atoms with Gasteiger partial charge in [-0.05, 0) is 93.1 Å². The highest BCUT2D eigenvalue weighted by Gasteiger charge is 2.41. The number of aromatic hydroxyl groups is 1. The van der Waals surface area contributed by atoms with Gasteiger partial charge in [-0.25, -0.2) is 0 Å². The van der Waals surface area contributed by atoms with Crippen LogP contribution in [0.2, 0.25) is 0 Å². The third-order valence-electron chi connectivity index (χ3n) is 7.53. The van der Waals surface area contributed by atoms with E-state index in [2.05, 4.69) is 85.1 Å². The first-order valence-electron chi connectivity index (χ1n) is 11.6. The molecule has 1 aliphatic heterocycles. The van der Waals surface area contributed by atoms with Crippen LogP contribution in [0.5, 0.6) is 5.75 Å². The first kappa shape index (κ1) is 23.9. The number of hydrogen-bond acceptors (Lipinski definition) is 4. The van der Waals surface area contributed by atoms with Crippen LogP contribution in [-0.4, -0.2) is 57.9 Å². The van der Waals surface area contributed by atoms with Gasteiger partial charge in [-0.3, -0.25) is 4.79 Å². The van der Waals surface area contributed by atoms with Crippen LogP contribution in [0.4, 0.5) is 0 Å². The van der Waals surface area contributed by atoms with Gasteiger partial charge in [0, 0.05) is 42.7 Å². The monoisotopic (exact) mass is 589 g/mol. The molecule has 0 bridgehead atoms. The number of amides is 1. The Balaban J connectivity index is 1.34. The minimum Gasteiger partial charge on any atom is -0.506 e. The van der Waals surface area contributed by atoms with Gasteiger partial charge in [-0.1, -0.05) is 12.1 Å². The van der Waals surface area contributed by atoms with Gasteiger partial charge < -0.3 is 25.0 Å². The van der Waals surface area contributed by atoms with Crippen LogP contribution in [0.3, 0.4) is 0 Å². The van der Waals surface area contributed by atoms with Gasteiger partial charge in [0.25, 0.3) is 0 Å². The average molecular weight is 591 g/mol. The van der Waals surface area contributed by atoms with Crippen LogP contribution in [0.25, 0.3) is 10.9 Å². The minimum absolute atomic E-state index is 0.00714. The van der Waals surface area contributed by atoms with E-state index in [1.165, 1.54) is 22.0 Å². The lowest BCUT2D eigenvalue weighted by molar-refractivity contribution is -0.128. The number of benzene rings is 2. The number of aliphatic hydroxyl groups excluding tert-OH is 1. The van der Waals surface area contributed by atoms with Gasteiger partial charge in [-0.15, -0.1) is 0 Å². The second-order valence-electron chi connectivity index (χ2n) is 9.76. The number of hydrogen-bond donors (Lipinski definition) is 3. The standard InChI is InChI=1S/C26H29Br2N3O3/c1-30-11-15-10-23-19(18-4-3-5-22(30)24(15)18)9-16(12-31(23)2)26(34)29-17(13-32)6-14-7-20(27)25(33)21(28)8-14/h3-5,7-8,11,16-17,19,23,32-33H,6,9-10,12-13H2,1-2H3,(H,29,34)/t16-,17?,19-,23-/m1/s1. The predicted molar refractivity (Wildman–Crippen MR) is 140 cm³/mol. The molecule has 2 heterocycles. The summed E-state index contributed by atoms with van der Waals surface area (Å²) in [6.07, 6.45) is 4.54. The molecule has 2 aromatic carbocycles. The second kappa shape index (κ2) is 9.30. The van der Waals surface area contributed by atoms with E-state index in [-0.39, 0.29) is 24.2 Å². The van der Waals surface area contributed by atoms with Crippen molar-refractivity contribution in [3.05, 3.63) is 62.2 Å². The summed E-state index contributed by atoms with van der Waals surface area (Å²) in [5.74, 6) is 0.299. The number of piperidine rings is 1. The van der Waals surface area contributed by atoms with Crippen molar-refractivity contribution in [3.8, 4) is 5.75 Å². The third kappa shape index (κ3) is 4.19. The van der Waals surface area contributed by atoms with Gasteiger partial charge in [0.2, 0.25) is 5.91 Å². The van der Waals surface area contributed by atoms with Crippen LogP contribution in [0, 0.1) is 5.92 Å². The zero-order chi connectivity index (χ0) is 24.1. The Labute approximate surface area is 216 Å². The number of aryl methyl sites for hydroxylation is 1. The fourth-order valence-corrected chi connectivity index (χ4v) is 7.19. The molecule has 2 aliphatic rings. The maximum Gasteiger partial charge on any atom is 0.224 e. The molecule has 3 aromatic rings. The maximum atomic E-state index is 13.3. The van der Waals surface area contributed by atoms with Gasteiger partial charge in [-0.2, -0.15) is 0 Å². The van der Waals surface area contributed by atoms with E-state index in [4.69, 9.17) is 0 Å². The average Bonchev–Trinajstić information content (AvgIpc) is 3.14. The Hall–Kier alpha value is -1.87. The largest absolute Gasteiger partial charge is 0.506 e. The van der Waals surface area contributed by atoms with Crippen molar-refractivity contribution in [1.29, 1.82) is 0 Å². The number of phenols is 1. The lowest BCUT2D eigenvalue weighted by Crippen LogP contribution is -2.53. The topological polar surface area (TPSA) is 77.7 Å². The molecule has 1 fully saturated rings. The quantitative estimate of drug-likeness (QED) is 0.418. The summed E-state index contributed by atoms with van der Waals surface area (Å²) < 4.78 is 3.36. The first-order chi connectivity index (χ1) is 16.3. The molecule has 1 aromatic heterocycles. The van der Waals surface area contributed by atoms with Crippen molar-refractivity contribution < 1.29 is 15.0 Å². The highest BCUT2D eigenvalue weighted by atomic mass is 79.9. The van der Waals surface area contributed by atoms with Crippen molar-refractivity contribution >= 4 is 48.7 Å². The maximum absolute atomic E-state index is 13.3. The summed E-state index contributed by atoms with van der Waals surface area (Å²) in [6, 6.07) is 10.2. The molecule has 8 heteroatoms. The number of likely N-dealkylation sites (N-methyl/N-ethyl adjacent to an activating group) is 1. The molecular formula is C26H29Br2N3O3. The lowest BCUT2D eigenvalue weighted by Gasteiger charge is -2.45. The third-order valence-corrected chi connectivity index (χ3v) is 8.74. The van der Waals surface area contributed by atoms with Crippen molar-refractivity contribution in [2.24, 2.45) is 13.0 Å². The Bertz CT molecular complexity index is 1230. The molecule has 0 saturated carbocycles. The Morgan fingerprint density at radius 1 is 1.24 bits per heavy atom. The van der Waals surface area contributed by atoms with E-state index in [1.54, 1.807) is 0 Å². The highest BCUT2D eigenvalue weighted by molar-refractivity contribution is 9.11. The number of likely N-dealkylation sites (tertiary alicyclic amines) is 1. The number of fused-ring (bicyclic) bond motifs is 2. The predicted octanol–water partition coefficient (Wildman–Crippen LogP) is 4.09. The summed E-state index contributed by atoms with van der Waals surface area (Å²) in [4.78, 5) is 15.7. The van der Waals surface area contributed by atoms with E-state index in [0.717, 1.165) is 18.4 Å². The number of aromatic nitrogens is 1. The van der Waals surface area contributed by atoms with E-state index in [0.29, 0.717) is 33.9 Å². The van der Waals surface area contributed by atoms with E-state index in [9.17, 15) is 15.0 Å². The molecule has 1 aliphatic carbocycles. The summed E-state index contributed by atoms with van der Waals surface area (Å²) >= 11 is 6.70. The van der Waals surface area contributed by atoms with Gasteiger partial charge in [0.05, 0.1) is 27.5 Å². The van der Waals surface area contributed by atoms with Crippen molar-refractivity contribution in [2.75, 3.05) is 20.2 Å². The summed E-state index contributed by atoms with van der Waals surface area (Å²) in [5.41, 5.74) is 4.92. The molecule has 4 atom stereocenters. The number of aliphatic hydroxyl groups is 1. The smallest absolute Gasteiger partial charge is 0.224 e. The number of halogens is 2. The Kier molecular flexibility index (Phi) is 6.52. The summed E-state index contributed by atoms with van der Waals surface area (Å²) in [7, 11) is 4.23. The lowest BCUT2D eigenvalue weighted by atomic mass is 9.72. The zero-order valence-electron chi connectivity index (χ0n) is 19.3. The van der Waals surface area contributed by atoms with E-state index < -0.39 is 6.04 Å². The van der Waals surface area contributed by atoms with Gasteiger partial charge in [0.1, 0.15) is 5.75 Å². The number of carbonyl (C=O) groups is 1. The SMILES string of the molecule is CN1C[C@H](C(=O)NC(CO)Cc2cc(Br)c(O)c(Br)c2)C[C@@H]2c3cccc4c3c(cn4C)C[C@H]21. The molecule has 1 saturated heterocycles. The van der Waals surface area contributed by atoms with Crippen LogP contribution in [0.15, 0.2) is 45.5 Å². The van der Waals surface area contributed by atoms with Gasteiger partial charge in [0.15, 0.2) is 0 Å². The van der Waals surface area contributed by atoms with Crippen LogP contribution >= 0.6 is 31.9 Å². The minimum atomic E-state index is -0.394. The highest BCUT2D eigenvalue weighted by Crippen LogP contribution is 2.44. The Morgan fingerprint density at radius 3 is 2.68 bits per heavy atom. The molecule has 0 spiro atoms. The molecule has 6 nitrogen and oxygen atoms in total. The summed E-state index contributed by atoms with van der Waals surface area (Å²) in [6.45, 7) is 0.558. The molecule has 1 amide bonds. The number of rotatable bonds is 5. The number of carbonyl (C=O) groups excluding carboxylic acids is 1. The van der Waals surface area contributed by atoms with Crippen LogP contribution in [0.1, 0.15) is 29.0 Å². The van der Waals surface area contributed by atoms with E-state index >= 15 is 0 Å². The molecular weight excluding hydrogens is 562 g/mol. The molecule has 34 heavy (non-hydrogen) atoms.